The van der Waals surface area contributed by atoms with Gasteiger partial charge in [0.25, 0.3) is 0 Å². The summed E-state index contributed by atoms with van der Waals surface area (Å²) < 4.78 is 10.2. The molecule has 0 radical (unpaired) electrons. The summed E-state index contributed by atoms with van der Waals surface area (Å²) >= 11 is 6.11. The number of anilines is 2. The maximum Gasteiger partial charge on any atom is 0.339 e. The number of nitrogens with zero attached hydrogens (tertiary/aromatic N) is 1. The fourth-order valence-corrected chi connectivity index (χ4v) is 3.33. The Labute approximate surface area is 172 Å². The topological polar surface area (TPSA) is 105 Å². The van der Waals surface area contributed by atoms with Gasteiger partial charge in [-0.3, -0.25) is 9.59 Å². The molecular weight excluding hydrogens is 400 g/mol. The maximum atomic E-state index is 12.7. The van der Waals surface area contributed by atoms with Gasteiger partial charge in [-0.1, -0.05) is 11.6 Å². The van der Waals surface area contributed by atoms with Gasteiger partial charge in [0.1, 0.15) is 17.1 Å². The van der Waals surface area contributed by atoms with Crippen LogP contribution in [0.15, 0.2) is 36.4 Å². The standard InChI is InChI=1S/C20H19ClN2O6/c1-28-13-5-3-12(4-6-13)23-10-11(7-18(23)24)19(25)22-16-9-17(29-2)14(20(26)27)8-15(16)21/h3-6,8-9,11H,7,10H2,1-2H3,(H,22,25)(H,26,27). The summed E-state index contributed by atoms with van der Waals surface area (Å²) in [5.41, 5.74) is 0.780. The lowest BCUT2D eigenvalue weighted by atomic mass is 10.1. The number of rotatable bonds is 6. The summed E-state index contributed by atoms with van der Waals surface area (Å²) in [4.78, 5) is 37.9. The predicted octanol–water partition coefficient (Wildman–Crippen LogP) is 3.05. The van der Waals surface area contributed by atoms with Crippen molar-refractivity contribution in [2.75, 3.05) is 31.0 Å². The van der Waals surface area contributed by atoms with Crippen LogP contribution in [0.1, 0.15) is 16.8 Å². The predicted molar refractivity (Wildman–Crippen MR) is 107 cm³/mol. The first-order valence-corrected chi connectivity index (χ1v) is 9.08. The van der Waals surface area contributed by atoms with E-state index in [1.807, 2.05) is 0 Å². The van der Waals surface area contributed by atoms with Crippen molar-refractivity contribution < 1.29 is 29.0 Å². The number of hydrogen-bond acceptors (Lipinski definition) is 5. The molecule has 0 aliphatic carbocycles. The van der Waals surface area contributed by atoms with Crippen molar-refractivity contribution in [3.63, 3.8) is 0 Å². The van der Waals surface area contributed by atoms with E-state index in [1.54, 1.807) is 36.3 Å². The molecule has 0 aromatic heterocycles. The Morgan fingerprint density at radius 3 is 2.45 bits per heavy atom. The molecule has 29 heavy (non-hydrogen) atoms. The highest BCUT2D eigenvalue weighted by Crippen LogP contribution is 2.33. The first kappa shape index (κ1) is 20.5. The van der Waals surface area contributed by atoms with E-state index in [0.717, 1.165) is 0 Å². The van der Waals surface area contributed by atoms with Crippen molar-refractivity contribution in [3.05, 3.63) is 47.0 Å². The SMILES string of the molecule is COc1ccc(N2CC(C(=O)Nc3cc(OC)c(C(=O)O)cc3Cl)CC2=O)cc1. The Balaban J connectivity index is 1.74. The van der Waals surface area contributed by atoms with Crippen LogP contribution >= 0.6 is 11.6 Å². The fourth-order valence-electron chi connectivity index (χ4n) is 3.11. The number of carboxylic acid groups (broad SMARTS) is 1. The Morgan fingerprint density at radius 2 is 1.86 bits per heavy atom. The number of carbonyl (C=O) groups excluding carboxylic acids is 2. The summed E-state index contributed by atoms with van der Waals surface area (Å²) in [6, 6.07) is 9.55. The van der Waals surface area contributed by atoms with Crippen LogP contribution in [0, 0.1) is 5.92 Å². The number of carbonyl (C=O) groups is 3. The number of hydrogen-bond donors (Lipinski definition) is 2. The van der Waals surface area contributed by atoms with Crippen LogP contribution in [0.25, 0.3) is 0 Å². The second-order valence-corrected chi connectivity index (χ2v) is 6.84. The highest BCUT2D eigenvalue weighted by atomic mass is 35.5. The van der Waals surface area contributed by atoms with E-state index >= 15 is 0 Å². The van der Waals surface area contributed by atoms with E-state index in [4.69, 9.17) is 21.1 Å². The van der Waals surface area contributed by atoms with Gasteiger partial charge in [-0.2, -0.15) is 0 Å². The molecule has 0 bridgehead atoms. The zero-order chi connectivity index (χ0) is 21.1. The average Bonchev–Trinajstić information content (AvgIpc) is 3.10. The van der Waals surface area contributed by atoms with Gasteiger partial charge in [0, 0.05) is 24.7 Å². The van der Waals surface area contributed by atoms with E-state index in [-0.39, 0.29) is 46.8 Å². The van der Waals surface area contributed by atoms with Gasteiger partial charge in [0.2, 0.25) is 11.8 Å². The van der Waals surface area contributed by atoms with Crippen LogP contribution in [0.2, 0.25) is 5.02 Å². The first-order valence-electron chi connectivity index (χ1n) is 8.70. The zero-order valence-electron chi connectivity index (χ0n) is 15.8. The number of nitrogens with one attached hydrogen (secondary N) is 1. The van der Waals surface area contributed by atoms with Gasteiger partial charge in [0.05, 0.1) is 30.8 Å². The summed E-state index contributed by atoms with van der Waals surface area (Å²) in [5, 5.41) is 11.9. The van der Waals surface area contributed by atoms with Crippen molar-refractivity contribution in [3.8, 4) is 11.5 Å². The molecule has 1 unspecified atom stereocenters. The lowest BCUT2D eigenvalue weighted by Gasteiger charge is -2.17. The van der Waals surface area contributed by atoms with Crippen molar-refractivity contribution in [1.82, 2.24) is 0 Å². The van der Waals surface area contributed by atoms with Gasteiger partial charge < -0.3 is 24.8 Å². The quantitative estimate of drug-likeness (QED) is 0.747. The average molecular weight is 419 g/mol. The monoisotopic (exact) mass is 418 g/mol. The van der Waals surface area contributed by atoms with Crippen LogP contribution in [-0.4, -0.2) is 43.7 Å². The Hall–Kier alpha value is -3.26. The minimum Gasteiger partial charge on any atom is -0.497 e. The number of ether oxygens (including phenoxy) is 2. The van der Waals surface area contributed by atoms with Crippen LogP contribution in [0.5, 0.6) is 11.5 Å². The minimum absolute atomic E-state index is 0.0554. The lowest BCUT2D eigenvalue weighted by molar-refractivity contribution is -0.122. The van der Waals surface area contributed by atoms with E-state index in [0.29, 0.717) is 11.4 Å². The molecule has 0 saturated carbocycles. The molecule has 1 aliphatic rings. The lowest BCUT2D eigenvalue weighted by Crippen LogP contribution is -2.28. The Bertz CT molecular complexity index is 960. The summed E-state index contributed by atoms with van der Waals surface area (Å²) in [5.74, 6) is -1.59. The third-order valence-electron chi connectivity index (χ3n) is 4.66. The molecule has 2 aromatic carbocycles. The molecule has 1 heterocycles. The van der Waals surface area contributed by atoms with E-state index < -0.39 is 11.9 Å². The van der Waals surface area contributed by atoms with Crippen LogP contribution in [0.3, 0.4) is 0 Å². The zero-order valence-corrected chi connectivity index (χ0v) is 16.5. The number of benzene rings is 2. The summed E-state index contributed by atoms with van der Waals surface area (Å²) in [7, 11) is 2.88. The highest BCUT2D eigenvalue weighted by molar-refractivity contribution is 6.34. The number of amides is 2. The molecule has 8 nitrogen and oxygen atoms in total. The Kier molecular flexibility index (Phi) is 5.93. The van der Waals surface area contributed by atoms with Crippen molar-refractivity contribution in [1.29, 1.82) is 0 Å². The Morgan fingerprint density at radius 1 is 1.17 bits per heavy atom. The number of halogens is 1. The molecule has 1 fully saturated rings. The molecule has 1 saturated heterocycles. The fraction of sp³-hybridized carbons (Fsp3) is 0.250. The van der Waals surface area contributed by atoms with Crippen LogP contribution in [-0.2, 0) is 9.59 Å². The third-order valence-corrected chi connectivity index (χ3v) is 4.97. The normalized spacial score (nSPS) is 15.9. The highest BCUT2D eigenvalue weighted by Gasteiger charge is 2.35. The first-order chi connectivity index (χ1) is 13.8. The van der Waals surface area contributed by atoms with Crippen molar-refractivity contribution in [2.45, 2.75) is 6.42 Å². The molecule has 2 N–H and O–H groups in total. The summed E-state index contributed by atoms with van der Waals surface area (Å²) in [6.07, 6.45) is 0.0554. The van der Waals surface area contributed by atoms with Gasteiger partial charge in [0.15, 0.2) is 0 Å². The van der Waals surface area contributed by atoms with Crippen molar-refractivity contribution in [2.24, 2.45) is 5.92 Å². The van der Waals surface area contributed by atoms with Crippen LogP contribution in [0.4, 0.5) is 11.4 Å². The summed E-state index contributed by atoms with van der Waals surface area (Å²) in [6.45, 7) is 0.221. The molecule has 152 valence electrons. The van der Waals surface area contributed by atoms with Crippen LogP contribution < -0.4 is 19.7 Å². The molecule has 9 heteroatoms. The second kappa shape index (κ2) is 8.40. The molecule has 2 aromatic rings. The van der Waals surface area contributed by atoms with E-state index in [2.05, 4.69) is 5.32 Å². The van der Waals surface area contributed by atoms with Crippen molar-refractivity contribution >= 4 is 40.8 Å². The molecule has 3 rings (SSSR count). The molecular formula is C20H19ClN2O6. The second-order valence-electron chi connectivity index (χ2n) is 6.43. The van der Waals surface area contributed by atoms with Gasteiger partial charge in [-0.15, -0.1) is 0 Å². The van der Waals surface area contributed by atoms with Gasteiger partial charge in [-0.05, 0) is 30.3 Å². The third kappa shape index (κ3) is 4.27. The number of carboxylic acids is 1. The molecule has 0 spiro atoms. The van der Waals surface area contributed by atoms with Gasteiger partial charge in [-0.25, -0.2) is 4.79 Å². The molecule has 2 amide bonds. The molecule has 1 atom stereocenters. The number of aromatic carboxylic acids is 1. The molecule has 1 aliphatic heterocycles. The number of methoxy groups -OCH3 is 2. The minimum atomic E-state index is -1.20. The van der Waals surface area contributed by atoms with E-state index in [9.17, 15) is 19.5 Å². The maximum absolute atomic E-state index is 12.7. The largest absolute Gasteiger partial charge is 0.497 e. The smallest absolute Gasteiger partial charge is 0.339 e. The van der Waals surface area contributed by atoms with E-state index in [1.165, 1.54) is 19.2 Å². The van der Waals surface area contributed by atoms with Gasteiger partial charge >= 0.3 is 5.97 Å².